The van der Waals surface area contributed by atoms with Gasteiger partial charge in [-0.2, -0.15) is 10.5 Å². The zero-order valence-corrected chi connectivity index (χ0v) is 42.9. The molecule has 0 saturated heterocycles. The summed E-state index contributed by atoms with van der Waals surface area (Å²) in [6.45, 7) is 6.27. The van der Waals surface area contributed by atoms with Crippen molar-refractivity contribution in [1.29, 1.82) is 10.5 Å². The van der Waals surface area contributed by atoms with Crippen LogP contribution in [0.15, 0.2) is 237 Å². The van der Waals surface area contributed by atoms with Crippen LogP contribution in [0.25, 0.3) is 148 Å². The Kier molecular flexibility index (Phi) is 9.43. The van der Waals surface area contributed by atoms with Gasteiger partial charge in [-0.3, -0.25) is 0 Å². The first-order valence-electron chi connectivity index (χ1n) is 26.7. The van der Waals surface area contributed by atoms with Gasteiger partial charge in [-0.05, 0) is 58.5 Å². The Morgan fingerprint density at radius 2 is 0.633 bits per heavy atom. The van der Waals surface area contributed by atoms with Gasteiger partial charge in [0.05, 0.1) is 78.0 Å². The molecule has 0 fully saturated rings. The predicted molar refractivity (Wildman–Crippen MR) is 330 cm³/mol. The van der Waals surface area contributed by atoms with E-state index >= 15 is 0 Å². The Bertz CT molecular complexity index is 5500. The summed E-state index contributed by atoms with van der Waals surface area (Å²) in [5.74, 6) is 0. The number of nitrogens with zero attached hydrogens (tertiary/aromatic N) is 6. The number of hydrogen-bond acceptors (Lipinski definition) is 2. The van der Waals surface area contributed by atoms with E-state index in [0.717, 1.165) is 142 Å². The van der Waals surface area contributed by atoms with E-state index in [9.17, 15) is 10.5 Å². The van der Waals surface area contributed by atoms with Gasteiger partial charge >= 0.3 is 0 Å². The van der Waals surface area contributed by atoms with E-state index in [4.69, 9.17) is 0 Å². The Morgan fingerprint density at radius 1 is 0.329 bits per heavy atom. The van der Waals surface area contributed by atoms with Crippen molar-refractivity contribution in [3.63, 3.8) is 0 Å². The van der Waals surface area contributed by atoms with Gasteiger partial charge in [0, 0.05) is 59.2 Å². The highest BCUT2D eigenvalue weighted by Crippen LogP contribution is 2.51. The fraction of sp³-hybridized carbons (Fsp3) is 0.0137. The normalized spacial score (nSPS) is 12.1. The summed E-state index contributed by atoms with van der Waals surface area (Å²) in [5.41, 5.74) is 12.9. The van der Waals surface area contributed by atoms with Gasteiger partial charge < -0.3 is 18.3 Å². The molecule has 0 N–H and O–H groups in total. The summed E-state index contributed by atoms with van der Waals surface area (Å²) in [5, 5.41) is 39.9. The van der Waals surface area contributed by atoms with Crippen molar-refractivity contribution in [2.75, 3.05) is 0 Å². The Labute approximate surface area is 453 Å². The quantitative estimate of drug-likeness (QED) is 0.156. The number of benzene rings is 12. The van der Waals surface area contributed by atoms with Gasteiger partial charge in [0.15, 0.2) is 0 Å². The lowest BCUT2D eigenvalue weighted by Crippen LogP contribution is -2.17. The summed E-state index contributed by atoms with van der Waals surface area (Å²) in [6.07, 6.45) is 5.93. The van der Waals surface area contributed by atoms with E-state index in [1.54, 1.807) is 0 Å². The van der Waals surface area contributed by atoms with Gasteiger partial charge in [0.2, 0.25) is 0 Å². The van der Waals surface area contributed by atoms with Crippen molar-refractivity contribution >= 4 is 126 Å². The molecule has 16 aromatic rings. The minimum Gasteiger partial charge on any atom is -0.305 e. The number of fused-ring (bicyclic) bond motifs is 18. The molecule has 79 heavy (non-hydrogen) atoms. The molecule has 4 aromatic heterocycles. The molecule has 0 aliphatic carbocycles. The second kappa shape index (κ2) is 16.8. The van der Waals surface area contributed by atoms with Crippen LogP contribution in [0.5, 0.6) is 0 Å². The summed E-state index contributed by atoms with van der Waals surface area (Å²) in [7, 11) is 0. The summed E-state index contributed by atoms with van der Waals surface area (Å²) in [4.78, 5) is 0. The van der Waals surface area contributed by atoms with Crippen LogP contribution < -0.4 is 0 Å². The lowest BCUT2D eigenvalue weighted by atomic mass is 9.97. The van der Waals surface area contributed by atoms with Crippen LogP contribution in [0, 0.1) is 29.6 Å². The molecule has 0 atom stereocenters. The van der Waals surface area contributed by atoms with Gasteiger partial charge in [-0.15, -0.1) is 0 Å². The highest BCUT2D eigenvalue weighted by Gasteiger charge is 2.36. The second-order valence-corrected chi connectivity index (χ2v) is 20.6. The van der Waals surface area contributed by atoms with Crippen molar-refractivity contribution in [2.45, 2.75) is 6.92 Å². The standard InChI is InChI=1S/C73H44N6/c1-3-4-19-45-34-38-56-52-26-11-15-30-62(52)76(66(56)44(45)2)72-70(77-63-31-16-12-27-53(63)57-39-35-46-20-5-8-23-49(46)67(57)77)60(42-74)61(43-75)71(78-64-32-17-13-28-54(64)58-40-36-47-21-6-9-24-50(47)68(58)78)73(72)79-65-33-18-14-29-55(65)59-41-37-48-22-7-10-25-51(48)69(59)79/h3-41H,1H2,2H3/b19-4-. The van der Waals surface area contributed by atoms with E-state index in [1.165, 1.54) is 0 Å². The van der Waals surface area contributed by atoms with Gasteiger partial charge in [-0.25, -0.2) is 0 Å². The van der Waals surface area contributed by atoms with Crippen LogP contribution in [0.4, 0.5) is 0 Å². The summed E-state index contributed by atoms with van der Waals surface area (Å²) >= 11 is 0. The molecule has 4 heterocycles. The zero-order chi connectivity index (χ0) is 52.6. The monoisotopic (exact) mass is 1000 g/mol. The van der Waals surface area contributed by atoms with Crippen molar-refractivity contribution in [1.82, 2.24) is 18.3 Å². The van der Waals surface area contributed by atoms with Crippen LogP contribution in [0.1, 0.15) is 22.3 Å². The van der Waals surface area contributed by atoms with E-state index in [0.29, 0.717) is 11.4 Å². The zero-order valence-electron chi connectivity index (χ0n) is 42.9. The molecule has 6 nitrogen and oxygen atoms in total. The summed E-state index contributed by atoms with van der Waals surface area (Å²) < 4.78 is 9.52. The first kappa shape index (κ1) is 44.4. The molecule has 0 amide bonds. The first-order chi connectivity index (χ1) is 39.1. The number of aromatic nitrogens is 4. The number of allylic oxidation sites excluding steroid dienone is 2. The van der Waals surface area contributed by atoms with Crippen LogP contribution in [0.3, 0.4) is 0 Å². The fourth-order valence-corrected chi connectivity index (χ4v) is 13.5. The molecule has 0 unspecified atom stereocenters. The largest absolute Gasteiger partial charge is 0.305 e. The fourth-order valence-electron chi connectivity index (χ4n) is 13.5. The van der Waals surface area contributed by atoms with E-state index in [-0.39, 0.29) is 11.1 Å². The third-order valence-corrected chi connectivity index (χ3v) is 16.7. The molecule has 6 heteroatoms. The van der Waals surface area contributed by atoms with Crippen molar-refractivity contribution in [3.05, 3.63) is 259 Å². The van der Waals surface area contributed by atoms with Gasteiger partial charge in [0.1, 0.15) is 12.1 Å². The molecule has 0 aliphatic rings. The average molecular weight is 1010 g/mol. The predicted octanol–water partition coefficient (Wildman–Crippen LogP) is 18.8. The molecule has 16 rings (SSSR count). The maximum absolute atomic E-state index is 12.6. The smallest absolute Gasteiger partial charge is 0.103 e. The van der Waals surface area contributed by atoms with Crippen molar-refractivity contribution in [3.8, 4) is 34.9 Å². The van der Waals surface area contributed by atoms with Crippen LogP contribution in [0.2, 0.25) is 0 Å². The highest BCUT2D eigenvalue weighted by atomic mass is 15.1. The maximum atomic E-state index is 12.6. The molecular weight excluding hydrogens is 961 g/mol. The van der Waals surface area contributed by atoms with Crippen molar-refractivity contribution < 1.29 is 0 Å². The van der Waals surface area contributed by atoms with Crippen molar-refractivity contribution in [2.24, 2.45) is 0 Å². The minimum absolute atomic E-state index is 0.259. The minimum atomic E-state index is 0.259. The molecule has 12 aromatic carbocycles. The number of nitriles is 2. The van der Waals surface area contributed by atoms with E-state index in [2.05, 4.69) is 268 Å². The number of rotatable bonds is 6. The number of hydrogen-bond donors (Lipinski definition) is 0. The third-order valence-electron chi connectivity index (χ3n) is 16.7. The molecule has 0 aliphatic heterocycles. The van der Waals surface area contributed by atoms with Gasteiger partial charge in [-0.1, -0.05) is 219 Å². The lowest BCUT2D eigenvalue weighted by molar-refractivity contribution is 1.01. The highest BCUT2D eigenvalue weighted by molar-refractivity contribution is 6.24. The van der Waals surface area contributed by atoms with Crippen LogP contribution >= 0.6 is 0 Å². The Hall–Kier alpha value is -10.9. The molecule has 0 spiro atoms. The maximum Gasteiger partial charge on any atom is 0.103 e. The van der Waals surface area contributed by atoms with E-state index < -0.39 is 0 Å². The third kappa shape index (κ3) is 5.97. The Balaban J connectivity index is 1.30. The van der Waals surface area contributed by atoms with Crippen LogP contribution in [-0.2, 0) is 0 Å². The Morgan fingerprint density at radius 3 is 1.00 bits per heavy atom. The lowest BCUT2D eigenvalue weighted by Gasteiger charge is -2.28. The second-order valence-electron chi connectivity index (χ2n) is 20.6. The number of para-hydroxylation sites is 4. The van der Waals surface area contributed by atoms with Gasteiger partial charge in [0.25, 0.3) is 0 Å². The molecular formula is C73H44N6. The van der Waals surface area contributed by atoms with E-state index in [1.807, 2.05) is 12.2 Å². The summed E-state index contributed by atoms with van der Waals surface area (Å²) in [6, 6.07) is 83.4. The SMILES string of the molecule is C=C/C=C\c1ccc2c3ccccc3n(-c3c(-n4c5ccccc5c5ccc6ccccc6c54)c(C#N)c(C#N)c(-n4c5ccccc5c5ccc6ccccc6c54)c3-n3c4ccccc4c4ccc5ccccc5c43)c2c1C. The average Bonchev–Trinajstić information content (AvgIpc) is 3.08. The topological polar surface area (TPSA) is 67.3 Å². The van der Waals surface area contributed by atoms with Crippen LogP contribution in [-0.4, -0.2) is 18.3 Å². The molecule has 0 radical (unpaired) electrons. The number of aryl methyl sites for hydroxylation is 1. The first-order valence-corrected chi connectivity index (χ1v) is 26.7. The molecule has 0 saturated carbocycles. The molecule has 366 valence electrons. The molecule has 0 bridgehead atoms.